The van der Waals surface area contributed by atoms with E-state index in [1.165, 1.54) is 0 Å². The number of hydrogen-bond donors (Lipinski definition) is 2. The van der Waals surface area contributed by atoms with E-state index < -0.39 is 23.6 Å². The van der Waals surface area contributed by atoms with Crippen LogP contribution in [0.3, 0.4) is 0 Å². The van der Waals surface area contributed by atoms with Crippen LogP contribution in [0.1, 0.15) is 21.8 Å². The van der Waals surface area contributed by atoms with Gasteiger partial charge in [-0.2, -0.15) is 0 Å². The molecule has 2 N–H and O–H groups in total. The molecule has 1 atom stereocenters. The number of halogens is 1. The summed E-state index contributed by atoms with van der Waals surface area (Å²) in [6, 6.07) is 13.1. The lowest BCUT2D eigenvalue weighted by molar-refractivity contribution is -0.128. The summed E-state index contributed by atoms with van der Waals surface area (Å²) in [5.74, 6) is -2.68. The van der Waals surface area contributed by atoms with E-state index in [-0.39, 0.29) is 0 Å². The van der Waals surface area contributed by atoms with Crippen LogP contribution >= 0.6 is 11.6 Å². The number of fused-ring (bicyclic) bond motifs is 1. The molecule has 1 aliphatic rings. The van der Waals surface area contributed by atoms with Gasteiger partial charge in [-0.3, -0.25) is 19.7 Å². The molecule has 3 amide bonds. The Bertz CT molecular complexity index is 771. The minimum atomic E-state index is -1.07. The number of imide groups is 1. The monoisotopic (exact) mass is 314 g/mol. The Hall–Kier alpha value is -2.66. The molecule has 0 saturated carbocycles. The molecule has 0 aliphatic carbocycles. The number of carbonyl (C=O) groups excluding carboxylic acids is 3. The minimum absolute atomic E-state index is 0.332. The van der Waals surface area contributed by atoms with Gasteiger partial charge in [0.05, 0.1) is 0 Å². The van der Waals surface area contributed by atoms with Crippen molar-refractivity contribution in [2.45, 2.75) is 5.92 Å². The molecule has 110 valence electrons. The zero-order chi connectivity index (χ0) is 15.7. The van der Waals surface area contributed by atoms with Crippen molar-refractivity contribution in [2.24, 2.45) is 0 Å². The van der Waals surface area contributed by atoms with Crippen LogP contribution in [0, 0.1) is 0 Å². The first-order valence-corrected chi connectivity index (χ1v) is 6.94. The Labute approximate surface area is 131 Å². The van der Waals surface area contributed by atoms with Crippen LogP contribution in [0.25, 0.3) is 0 Å². The summed E-state index contributed by atoms with van der Waals surface area (Å²) >= 11 is 5.79. The third-order valence-corrected chi connectivity index (χ3v) is 3.64. The average molecular weight is 315 g/mol. The number of benzene rings is 2. The van der Waals surface area contributed by atoms with Crippen molar-refractivity contribution in [3.05, 3.63) is 64.7 Å². The van der Waals surface area contributed by atoms with Gasteiger partial charge in [0.15, 0.2) is 0 Å². The van der Waals surface area contributed by atoms with E-state index in [4.69, 9.17) is 11.6 Å². The normalized spacial score (nSPS) is 16.7. The molecule has 1 aliphatic heterocycles. The maximum absolute atomic E-state index is 12.4. The minimum Gasteiger partial charge on any atom is -0.325 e. The molecular formula is C16H11ClN2O3. The van der Waals surface area contributed by atoms with E-state index in [2.05, 4.69) is 10.6 Å². The van der Waals surface area contributed by atoms with Gasteiger partial charge in [0.25, 0.3) is 5.91 Å². The lowest BCUT2D eigenvalue weighted by atomic mass is 9.89. The van der Waals surface area contributed by atoms with Crippen LogP contribution in [0.4, 0.5) is 5.69 Å². The third-order valence-electron chi connectivity index (χ3n) is 3.39. The summed E-state index contributed by atoms with van der Waals surface area (Å²) in [5.41, 5.74) is 1.26. The zero-order valence-corrected chi connectivity index (χ0v) is 12.1. The molecular weight excluding hydrogens is 304 g/mol. The number of nitrogens with one attached hydrogen (secondary N) is 2. The second-order valence-electron chi connectivity index (χ2n) is 4.83. The Morgan fingerprint density at radius 3 is 2.45 bits per heavy atom. The van der Waals surface area contributed by atoms with Crippen LogP contribution in [0.2, 0.25) is 5.02 Å². The third kappa shape index (κ3) is 2.58. The van der Waals surface area contributed by atoms with Crippen molar-refractivity contribution in [3.63, 3.8) is 0 Å². The smallest absolute Gasteiger partial charge is 0.258 e. The number of anilines is 1. The molecule has 2 aromatic rings. The summed E-state index contributed by atoms with van der Waals surface area (Å²) in [6.07, 6.45) is 0. The van der Waals surface area contributed by atoms with E-state index in [0.29, 0.717) is 21.8 Å². The largest absolute Gasteiger partial charge is 0.325 e. The van der Waals surface area contributed by atoms with Crippen LogP contribution in [-0.4, -0.2) is 17.7 Å². The van der Waals surface area contributed by atoms with Gasteiger partial charge >= 0.3 is 0 Å². The highest BCUT2D eigenvalue weighted by Crippen LogP contribution is 2.26. The average Bonchev–Trinajstić information content (AvgIpc) is 2.49. The van der Waals surface area contributed by atoms with Crippen molar-refractivity contribution < 1.29 is 14.4 Å². The first kappa shape index (κ1) is 14.3. The number of hydrogen-bond acceptors (Lipinski definition) is 3. The van der Waals surface area contributed by atoms with Gasteiger partial charge in [-0.05, 0) is 35.9 Å². The summed E-state index contributed by atoms with van der Waals surface area (Å²) < 4.78 is 0. The van der Waals surface area contributed by atoms with Crippen LogP contribution in [0.5, 0.6) is 0 Å². The summed E-state index contributed by atoms with van der Waals surface area (Å²) in [7, 11) is 0. The molecule has 22 heavy (non-hydrogen) atoms. The van der Waals surface area contributed by atoms with Gasteiger partial charge in [-0.15, -0.1) is 0 Å². The molecule has 0 aromatic heterocycles. The van der Waals surface area contributed by atoms with Gasteiger partial charge in [-0.1, -0.05) is 29.8 Å². The highest BCUT2D eigenvalue weighted by molar-refractivity contribution is 6.30. The van der Waals surface area contributed by atoms with Crippen molar-refractivity contribution >= 4 is 35.0 Å². The van der Waals surface area contributed by atoms with Crippen LogP contribution < -0.4 is 10.6 Å². The molecule has 1 unspecified atom stereocenters. The van der Waals surface area contributed by atoms with Gasteiger partial charge in [0.1, 0.15) is 5.92 Å². The fourth-order valence-electron chi connectivity index (χ4n) is 2.36. The van der Waals surface area contributed by atoms with Gasteiger partial charge in [-0.25, -0.2) is 0 Å². The molecule has 0 radical (unpaired) electrons. The van der Waals surface area contributed by atoms with Gasteiger partial charge in [0.2, 0.25) is 11.8 Å². The molecule has 1 heterocycles. The topological polar surface area (TPSA) is 75.3 Å². The van der Waals surface area contributed by atoms with Crippen molar-refractivity contribution in [2.75, 3.05) is 5.32 Å². The quantitative estimate of drug-likeness (QED) is 0.660. The lowest BCUT2D eigenvalue weighted by Crippen LogP contribution is -2.44. The van der Waals surface area contributed by atoms with E-state index in [1.807, 2.05) is 0 Å². The first-order valence-electron chi connectivity index (χ1n) is 6.57. The van der Waals surface area contributed by atoms with E-state index in [0.717, 1.165) is 0 Å². The molecule has 2 aromatic carbocycles. The predicted octanol–water partition coefficient (Wildman–Crippen LogP) is 2.33. The van der Waals surface area contributed by atoms with Gasteiger partial charge in [0, 0.05) is 16.3 Å². The van der Waals surface area contributed by atoms with Crippen molar-refractivity contribution in [3.8, 4) is 0 Å². The second-order valence-corrected chi connectivity index (χ2v) is 5.27. The highest BCUT2D eigenvalue weighted by atomic mass is 35.5. The van der Waals surface area contributed by atoms with Crippen LogP contribution in [-0.2, 0) is 9.59 Å². The molecule has 0 spiro atoms. The molecule has 0 saturated heterocycles. The molecule has 0 bridgehead atoms. The first-order chi connectivity index (χ1) is 10.6. The van der Waals surface area contributed by atoms with E-state index >= 15 is 0 Å². The zero-order valence-electron chi connectivity index (χ0n) is 11.3. The Morgan fingerprint density at radius 1 is 1.05 bits per heavy atom. The maximum atomic E-state index is 12.4. The van der Waals surface area contributed by atoms with E-state index in [1.54, 1.807) is 48.5 Å². The van der Waals surface area contributed by atoms with Crippen LogP contribution in [0.15, 0.2) is 48.5 Å². The number of carbonyl (C=O) groups is 3. The predicted molar refractivity (Wildman–Crippen MR) is 81.7 cm³/mol. The Morgan fingerprint density at radius 2 is 1.73 bits per heavy atom. The molecule has 3 rings (SSSR count). The summed E-state index contributed by atoms with van der Waals surface area (Å²) in [6.45, 7) is 0. The lowest BCUT2D eigenvalue weighted by Gasteiger charge is -2.23. The highest BCUT2D eigenvalue weighted by Gasteiger charge is 2.37. The fraction of sp³-hybridized carbons (Fsp3) is 0.0625. The number of amides is 3. The van der Waals surface area contributed by atoms with Gasteiger partial charge < -0.3 is 5.32 Å². The van der Waals surface area contributed by atoms with Crippen molar-refractivity contribution in [1.82, 2.24) is 5.32 Å². The van der Waals surface area contributed by atoms with Crippen molar-refractivity contribution in [1.29, 1.82) is 0 Å². The molecule has 5 nitrogen and oxygen atoms in total. The second kappa shape index (κ2) is 5.61. The SMILES string of the molecule is O=C1NC(=O)C(C(=O)Nc2ccc(Cl)cc2)c2ccccc21. The molecule has 0 fully saturated rings. The standard InChI is InChI=1S/C16H11ClN2O3/c17-9-5-7-10(8-6-9)18-15(21)13-11-3-1-2-4-12(11)14(20)19-16(13)22/h1-8,13H,(H,18,21)(H,19,20,22). The number of rotatable bonds is 2. The summed E-state index contributed by atoms with van der Waals surface area (Å²) in [5, 5.41) is 5.40. The van der Waals surface area contributed by atoms with E-state index in [9.17, 15) is 14.4 Å². The summed E-state index contributed by atoms with van der Waals surface area (Å²) in [4.78, 5) is 36.2. The Kier molecular flexibility index (Phi) is 3.65. The molecule has 6 heteroatoms. The maximum Gasteiger partial charge on any atom is 0.258 e. The Balaban J connectivity index is 1.91. The fourth-order valence-corrected chi connectivity index (χ4v) is 2.48.